The molecule has 0 bridgehead atoms. The van der Waals surface area contributed by atoms with Crippen LogP contribution in [-0.2, 0) is 14.3 Å². The maximum absolute atomic E-state index is 12.4. The van der Waals surface area contributed by atoms with Crippen LogP contribution in [0.4, 0.5) is 0 Å². The average molecular weight is 1010 g/mol. The average Bonchev–Trinajstić information content (AvgIpc) is 3.38. The minimum atomic E-state index is -0.848. The van der Waals surface area contributed by atoms with Crippen LogP contribution in [0.15, 0.2) is 48.6 Å². The molecule has 0 heterocycles. The van der Waals surface area contributed by atoms with E-state index in [4.69, 9.17) is 4.74 Å². The summed E-state index contributed by atoms with van der Waals surface area (Å²) in [5.74, 6) is -0.0693. The Kier molecular flexibility index (Phi) is 59.5. The number of carbonyl (C=O) groups is 2. The molecule has 422 valence electrons. The highest BCUT2D eigenvalue weighted by molar-refractivity contribution is 5.76. The third-order valence-corrected chi connectivity index (χ3v) is 14.6. The summed E-state index contributed by atoms with van der Waals surface area (Å²) in [6, 6.07) is -0.632. The number of nitrogens with one attached hydrogen (secondary N) is 1. The third kappa shape index (κ3) is 57.1. The van der Waals surface area contributed by atoms with Crippen molar-refractivity contribution < 1.29 is 24.5 Å². The van der Waals surface area contributed by atoms with Gasteiger partial charge in [-0.15, -0.1) is 0 Å². The van der Waals surface area contributed by atoms with Gasteiger partial charge in [0.25, 0.3) is 0 Å². The highest BCUT2D eigenvalue weighted by atomic mass is 16.5. The van der Waals surface area contributed by atoms with E-state index in [0.717, 1.165) is 51.4 Å². The molecule has 0 rings (SSSR count). The number of amides is 1. The van der Waals surface area contributed by atoms with Crippen LogP contribution in [0.25, 0.3) is 0 Å². The van der Waals surface area contributed by atoms with E-state index < -0.39 is 12.1 Å². The van der Waals surface area contributed by atoms with Crippen LogP contribution < -0.4 is 5.32 Å². The van der Waals surface area contributed by atoms with Crippen molar-refractivity contribution in [1.82, 2.24) is 5.32 Å². The zero-order valence-corrected chi connectivity index (χ0v) is 48.2. The van der Waals surface area contributed by atoms with Crippen molar-refractivity contribution in [3.8, 4) is 0 Å². The van der Waals surface area contributed by atoms with Crippen molar-refractivity contribution in [3.63, 3.8) is 0 Å². The van der Waals surface area contributed by atoms with Gasteiger partial charge in [-0.2, -0.15) is 0 Å². The fourth-order valence-corrected chi connectivity index (χ4v) is 9.66. The fraction of sp³-hybridized carbons (Fsp3) is 0.848. The zero-order valence-electron chi connectivity index (χ0n) is 48.2. The Morgan fingerprint density at radius 1 is 0.389 bits per heavy atom. The molecule has 0 aliphatic heterocycles. The van der Waals surface area contributed by atoms with Gasteiger partial charge in [0.1, 0.15) is 0 Å². The Morgan fingerprint density at radius 3 is 1.07 bits per heavy atom. The second-order valence-electron chi connectivity index (χ2n) is 21.7. The Labute approximate surface area is 448 Å². The van der Waals surface area contributed by atoms with Crippen molar-refractivity contribution in [3.05, 3.63) is 48.6 Å². The van der Waals surface area contributed by atoms with Crippen LogP contribution in [0.2, 0.25) is 0 Å². The maximum Gasteiger partial charge on any atom is 0.305 e. The predicted octanol–water partition coefficient (Wildman–Crippen LogP) is 20.1. The SMILES string of the molecule is CCCCCCCC/C=C\CCCCCCCCCC(=O)OCCCCCCCCCCC/C=C\C/C=C\CCCCCCCCCCCC(=O)NC(CO)C(O)/C=C/CCCCCCCCCCCCC. The number of aliphatic hydroxyl groups excluding tert-OH is 2. The molecule has 3 N–H and O–H groups in total. The molecule has 0 radical (unpaired) electrons. The zero-order chi connectivity index (χ0) is 52.2. The Bertz CT molecular complexity index is 1210. The van der Waals surface area contributed by atoms with E-state index >= 15 is 0 Å². The minimum Gasteiger partial charge on any atom is -0.466 e. The summed E-state index contributed by atoms with van der Waals surface area (Å²) in [6.07, 6.45) is 78.7. The first-order chi connectivity index (χ1) is 35.5. The molecule has 0 aliphatic carbocycles. The number of aliphatic hydroxyl groups is 2. The summed E-state index contributed by atoms with van der Waals surface area (Å²) >= 11 is 0. The topological polar surface area (TPSA) is 95.9 Å². The normalized spacial score (nSPS) is 12.9. The van der Waals surface area contributed by atoms with Gasteiger partial charge in [0.15, 0.2) is 0 Å². The number of allylic oxidation sites excluding steroid dienone is 7. The van der Waals surface area contributed by atoms with E-state index in [1.54, 1.807) is 6.08 Å². The van der Waals surface area contributed by atoms with Gasteiger partial charge < -0.3 is 20.3 Å². The van der Waals surface area contributed by atoms with Gasteiger partial charge >= 0.3 is 5.97 Å². The second-order valence-corrected chi connectivity index (χ2v) is 21.7. The molecule has 6 nitrogen and oxygen atoms in total. The van der Waals surface area contributed by atoms with Crippen LogP contribution in [-0.4, -0.2) is 47.4 Å². The molecule has 0 aromatic carbocycles. The summed E-state index contributed by atoms with van der Waals surface area (Å²) in [5.41, 5.74) is 0. The lowest BCUT2D eigenvalue weighted by Gasteiger charge is -2.20. The lowest BCUT2D eigenvalue weighted by molar-refractivity contribution is -0.143. The Balaban J connectivity index is 3.44. The highest BCUT2D eigenvalue weighted by Gasteiger charge is 2.18. The number of rotatable bonds is 59. The number of hydrogen-bond acceptors (Lipinski definition) is 5. The number of hydrogen-bond donors (Lipinski definition) is 3. The predicted molar refractivity (Wildman–Crippen MR) is 315 cm³/mol. The van der Waals surface area contributed by atoms with Gasteiger partial charge in [-0.3, -0.25) is 9.59 Å². The van der Waals surface area contributed by atoms with Crippen molar-refractivity contribution in [1.29, 1.82) is 0 Å². The van der Waals surface area contributed by atoms with Crippen molar-refractivity contribution in [2.45, 2.75) is 347 Å². The van der Waals surface area contributed by atoms with Gasteiger partial charge in [-0.1, -0.05) is 281 Å². The van der Waals surface area contributed by atoms with Gasteiger partial charge in [0.05, 0.1) is 25.4 Å². The molecule has 1 amide bonds. The summed E-state index contributed by atoms with van der Waals surface area (Å²) < 4.78 is 5.49. The molecule has 0 aliphatic rings. The van der Waals surface area contributed by atoms with Crippen LogP contribution in [0.5, 0.6) is 0 Å². The van der Waals surface area contributed by atoms with E-state index in [1.807, 2.05) is 6.08 Å². The summed E-state index contributed by atoms with van der Waals surface area (Å²) in [6.45, 7) is 4.90. The van der Waals surface area contributed by atoms with Crippen molar-refractivity contribution in [2.24, 2.45) is 0 Å². The van der Waals surface area contributed by atoms with Crippen LogP contribution in [0, 0.1) is 0 Å². The third-order valence-electron chi connectivity index (χ3n) is 14.6. The molecular weight excluding hydrogens is 887 g/mol. The first-order valence-corrected chi connectivity index (χ1v) is 31.9. The summed E-state index contributed by atoms with van der Waals surface area (Å²) in [5, 5.41) is 23.1. The standard InChI is InChI=1S/C66H123NO5/c1-3-5-7-9-11-13-15-17-18-28-32-36-40-44-48-52-56-60-66(71)72-61-57-53-49-45-41-37-33-30-27-25-23-21-19-20-22-24-26-29-31-35-39-43-47-51-55-59-65(70)67-63(62-68)64(69)58-54-50-46-42-38-34-16-14-12-10-8-6-4-2/h17-18,20-23,54,58,63-64,68-69H,3-16,19,24-53,55-57,59-62H2,1-2H3,(H,67,70)/b18-17-,22-20-,23-21-,58-54+. The monoisotopic (exact) mass is 1010 g/mol. The van der Waals surface area contributed by atoms with E-state index in [2.05, 4.69) is 55.6 Å². The molecule has 0 aromatic rings. The minimum absolute atomic E-state index is 0.00498. The van der Waals surface area contributed by atoms with Crippen LogP contribution in [0.3, 0.4) is 0 Å². The number of ether oxygens (including phenoxy) is 1. The van der Waals surface area contributed by atoms with E-state index in [9.17, 15) is 19.8 Å². The van der Waals surface area contributed by atoms with Gasteiger partial charge in [0, 0.05) is 12.8 Å². The number of carbonyl (C=O) groups excluding carboxylic acids is 2. The van der Waals surface area contributed by atoms with Gasteiger partial charge in [-0.05, 0) is 89.9 Å². The summed E-state index contributed by atoms with van der Waals surface area (Å²) in [4.78, 5) is 24.5. The fourth-order valence-electron chi connectivity index (χ4n) is 9.66. The molecule has 2 atom stereocenters. The number of unbranched alkanes of at least 4 members (excludes halogenated alkanes) is 42. The molecule has 6 heteroatoms. The van der Waals surface area contributed by atoms with E-state index in [1.165, 1.54) is 257 Å². The van der Waals surface area contributed by atoms with Gasteiger partial charge in [0.2, 0.25) is 5.91 Å². The van der Waals surface area contributed by atoms with Crippen LogP contribution >= 0.6 is 0 Å². The molecule has 0 saturated heterocycles. The van der Waals surface area contributed by atoms with E-state index in [-0.39, 0.29) is 18.5 Å². The first kappa shape index (κ1) is 69.8. The molecule has 0 aromatic heterocycles. The lowest BCUT2D eigenvalue weighted by Crippen LogP contribution is -2.45. The smallest absolute Gasteiger partial charge is 0.305 e. The highest BCUT2D eigenvalue weighted by Crippen LogP contribution is 2.16. The maximum atomic E-state index is 12.4. The molecule has 72 heavy (non-hydrogen) atoms. The molecular formula is C66H123NO5. The van der Waals surface area contributed by atoms with Crippen LogP contribution in [0.1, 0.15) is 335 Å². The van der Waals surface area contributed by atoms with Crippen molar-refractivity contribution in [2.75, 3.05) is 13.2 Å². The molecule has 2 unspecified atom stereocenters. The Morgan fingerprint density at radius 2 is 0.694 bits per heavy atom. The number of esters is 1. The first-order valence-electron chi connectivity index (χ1n) is 31.9. The lowest BCUT2D eigenvalue weighted by atomic mass is 10.0. The largest absolute Gasteiger partial charge is 0.466 e. The Hall–Kier alpha value is -2.18. The molecule has 0 fully saturated rings. The van der Waals surface area contributed by atoms with E-state index in [0.29, 0.717) is 19.4 Å². The quantitative estimate of drug-likeness (QED) is 0.0320. The second kappa shape index (κ2) is 61.4. The molecule has 0 spiro atoms. The molecule has 0 saturated carbocycles. The summed E-state index contributed by atoms with van der Waals surface area (Å²) in [7, 11) is 0. The van der Waals surface area contributed by atoms with Gasteiger partial charge in [-0.25, -0.2) is 0 Å². The van der Waals surface area contributed by atoms with Crippen molar-refractivity contribution >= 4 is 11.9 Å².